The Hall–Kier alpha value is -1.65. The molecule has 2 aromatic rings. The first-order chi connectivity index (χ1) is 9.69. The molecule has 0 aliphatic heterocycles. The lowest BCUT2D eigenvalue weighted by atomic mass is 10.1. The SMILES string of the molecule is COCOc1ccc(C=Cc2ccc(F)cc2)cc1Br. The van der Waals surface area contributed by atoms with E-state index in [0.717, 1.165) is 21.3 Å². The average molecular weight is 337 g/mol. The molecule has 0 saturated heterocycles. The quantitative estimate of drug-likeness (QED) is 0.579. The van der Waals surface area contributed by atoms with E-state index in [1.807, 2.05) is 30.4 Å². The first-order valence-electron chi connectivity index (χ1n) is 6.04. The number of rotatable bonds is 5. The molecule has 0 N–H and O–H groups in total. The maximum Gasteiger partial charge on any atom is 0.188 e. The Kier molecular flexibility index (Phi) is 5.32. The van der Waals surface area contributed by atoms with Crippen molar-refractivity contribution in [3.63, 3.8) is 0 Å². The van der Waals surface area contributed by atoms with Crippen LogP contribution in [0.4, 0.5) is 4.39 Å². The van der Waals surface area contributed by atoms with Gasteiger partial charge in [-0.1, -0.05) is 30.4 Å². The number of methoxy groups -OCH3 is 1. The van der Waals surface area contributed by atoms with Crippen LogP contribution in [0.15, 0.2) is 46.9 Å². The van der Waals surface area contributed by atoms with Crippen molar-refractivity contribution in [2.24, 2.45) is 0 Å². The van der Waals surface area contributed by atoms with E-state index in [-0.39, 0.29) is 12.6 Å². The molecular formula is C16H14BrFO2. The number of halogens is 2. The van der Waals surface area contributed by atoms with E-state index in [2.05, 4.69) is 15.9 Å². The molecule has 4 heteroatoms. The van der Waals surface area contributed by atoms with Crippen molar-refractivity contribution < 1.29 is 13.9 Å². The summed E-state index contributed by atoms with van der Waals surface area (Å²) in [4.78, 5) is 0. The van der Waals surface area contributed by atoms with Gasteiger partial charge in [-0.2, -0.15) is 0 Å². The predicted octanol–water partition coefficient (Wildman–Crippen LogP) is 4.74. The van der Waals surface area contributed by atoms with Crippen molar-refractivity contribution in [1.29, 1.82) is 0 Å². The highest BCUT2D eigenvalue weighted by Crippen LogP contribution is 2.26. The molecular weight excluding hydrogens is 323 g/mol. The van der Waals surface area contributed by atoms with Gasteiger partial charge in [0.15, 0.2) is 6.79 Å². The van der Waals surface area contributed by atoms with Gasteiger partial charge in [0.25, 0.3) is 0 Å². The van der Waals surface area contributed by atoms with Gasteiger partial charge in [0.2, 0.25) is 0 Å². The molecule has 0 fully saturated rings. The number of hydrogen-bond acceptors (Lipinski definition) is 2. The van der Waals surface area contributed by atoms with E-state index in [1.165, 1.54) is 12.1 Å². The van der Waals surface area contributed by atoms with E-state index in [0.29, 0.717) is 0 Å². The molecule has 0 radical (unpaired) electrons. The van der Waals surface area contributed by atoms with Gasteiger partial charge < -0.3 is 9.47 Å². The van der Waals surface area contributed by atoms with Crippen molar-refractivity contribution in [3.05, 3.63) is 63.9 Å². The molecule has 2 aromatic carbocycles. The molecule has 20 heavy (non-hydrogen) atoms. The Morgan fingerprint density at radius 3 is 2.35 bits per heavy atom. The smallest absolute Gasteiger partial charge is 0.188 e. The molecule has 0 unspecified atom stereocenters. The Morgan fingerprint density at radius 1 is 1.05 bits per heavy atom. The highest BCUT2D eigenvalue weighted by atomic mass is 79.9. The van der Waals surface area contributed by atoms with Crippen LogP contribution in [0.1, 0.15) is 11.1 Å². The minimum Gasteiger partial charge on any atom is -0.466 e. The van der Waals surface area contributed by atoms with Crippen molar-refractivity contribution in [2.75, 3.05) is 13.9 Å². The minimum atomic E-state index is -0.232. The molecule has 104 valence electrons. The maximum atomic E-state index is 12.8. The molecule has 2 rings (SSSR count). The third-order valence-electron chi connectivity index (χ3n) is 2.63. The summed E-state index contributed by atoms with van der Waals surface area (Å²) in [6.07, 6.45) is 3.88. The summed E-state index contributed by atoms with van der Waals surface area (Å²) >= 11 is 3.45. The molecule has 0 spiro atoms. The highest BCUT2D eigenvalue weighted by Gasteiger charge is 2.01. The van der Waals surface area contributed by atoms with Crippen molar-refractivity contribution >= 4 is 28.1 Å². The van der Waals surface area contributed by atoms with Crippen molar-refractivity contribution in [3.8, 4) is 5.75 Å². The van der Waals surface area contributed by atoms with Gasteiger partial charge in [-0.25, -0.2) is 4.39 Å². The minimum absolute atomic E-state index is 0.212. The van der Waals surface area contributed by atoms with Gasteiger partial charge in [0, 0.05) is 7.11 Å². The average Bonchev–Trinajstić information content (AvgIpc) is 2.46. The second kappa shape index (κ2) is 7.22. The number of ether oxygens (including phenoxy) is 2. The maximum absolute atomic E-state index is 12.8. The molecule has 0 atom stereocenters. The molecule has 0 amide bonds. The van der Waals surface area contributed by atoms with E-state index in [1.54, 1.807) is 19.2 Å². The fraction of sp³-hybridized carbons (Fsp3) is 0.125. The molecule has 0 aliphatic carbocycles. The summed E-state index contributed by atoms with van der Waals surface area (Å²) in [6, 6.07) is 12.1. The summed E-state index contributed by atoms with van der Waals surface area (Å²) in [5, 5.41) is 0. The molecule has 2 nitrogen and oxygen atoms in total. The zero-order chi connectivity index (χ0) is 14.4. The number of benzene rings is 2. The third-order valence-corrected chi connectivity index (χ3v) is 3.25. The van der Waals surface area contributed by atoms with Crippen LogP contribution in [-0.4, -0.2) is 13.9 Å². The summed E-state index contributed by atoms with van der Waals surface area (Å²) in [5.41, 5.74) is 1.97. The molecule has 0 heterocycles. The van der Waals surface area contributed by atoms with Crippen LogP contribution in [0.2, 0.25) is 0 Å². The zero-order valence-corrected chi connectivity index (χ0v) is 12.6. The first-order valence-corrected chi connectivity index (χ1v) is 6.83. The van der Waals surface area contributed by atoms with Crippen LogP contribution in [0.25, 0.3) is 12.2 Å². The topological polar surface area (TPSA) is 18.5 Å². The first kappa shape index (κ1) is 14.8. The van der Waals surface area contributed by atoms with E-state index < -0.39 is 0 Å². The van der Waals surface area contributed by atoms with Gasteiger partial charge >= 0.3 is 0 Å². The Labute approximate surface area is 126 Å². The third kappa shape index (κ3) is 4.18. The fourth-order valence-corrected chi connectivity index (χ4v) is 2.14. The lowest BCUT2D eigenvalue weighted by Gasteiger charge is -2.07. The van der Waals surface area contributed by atoms with Gasteiger partial charge in [0.1, 0.15) is 11.6 Å². The lowest BCUT2D eigenvalue weighted by Crippen LogP contribution is -1.99. The molecule has 0 saturated carbocycles. The van der Waals surface area contributed by atoms with Crippen molar-refractivity contribution in [2.45, 2.75) is 0 Å². The van der Waals surface area contributed by atoms with Gasteiger partial charge in [-0.15, -0.1) is 0 Å². The van der Waals surface area contributed by atoms with Crippen molar-refractivity contribution in [1.82, 2.24) is 0 Å². The summed E-state index contributed by atoms with van der Waals surface area (Å²) < 4.78 is 23.9. The summed E-state index contributed by atoms with van der Waals surface area (Å²) in [5.74, 6) is 0.496. The molecule has 0 aromatic heterocycles. The second-order valence-electron chi connectivity index (χ2n) is 4.13. The molecule has 0 aliphatic rings. The standard InChI is InChI=1S/C16H14BrFO2/c1-19-11-20-16-9-6-13(10-15(16)17)3-2-12-4-7-14(18)8-5-12/h2-10H,11H2,1H3. The van der Waals surface area contributed by atoms with Crippen LogP contribution in [-0.2, 0) is 4.74 Å². The summed E-state index contributed by atoms with van der Waals surface area (Å²) in [7, 11) is 1.58. The van der Waals surface area contributed by atoms with Gasteiger partial charge in [-0.3, -0.25) is 0 Å². The van der Waals surface area contributed by atoms with Crippen LogP contribution < -0.4 is 4.74 Å². The van der Waals surface area contributed by atoms with Crippen LogP contribution >= 0.6 is 15.9 Å². The fourth-order valence-electron chi connectivity index (χ4n) is 1.63. The normalized spacial score (nSPS) is 10.9. The van der Waals surface area contributed by atoms with E-state index in [4.69, 9.17) is 9.47 Å². The number of hydrogen-bond donors (Lipinski definition) is 0. The second-order valence-corrected chi connectivity index (χ2v) is 4.98. The Morgan fingerprint density at radius 2 is 1.70 bits per heavy atom. The van der Waals surface area contributed by atoms with Gasteiger partial charge in [-0.05, 0) is 51.3 Å². The highest BCUT2D eigenvalue weighted by molar-refractivity contribution is 9.10. The molecule has 0 bridgehead atoms. The largest absolute Gasteiger partial charge is 0.466 e. The van der Waals surface area contributed by atoms with Crippen LogP contribution in [0.5, 0.6) is 5.75 Å². The van der Waals surface area contributed by atoms with E-state index in [9.17, 15) is 4.39 Å². The van der Waals surface area contributed by atoms with Gasteiger partial charge in [0.05, 0.1) is 4.47 Å². The Balaban J connectivity index is 2.09. The Bertz CT molecular complexity index is 594. The monoisotopic (exact) mass is 336 g/mol. The zero-order valence-electron chi connectivity index (χ0n) is 11.0. The lowest BCUT2D eigenvalue weighted by molar-refractivity contribution is 0.0506. The van der Waals surface area contributed by atoms with E-state index >= 15 is 0 Å². The summed E-state index contributed by atoms with van der Waals surface area (Å²) in [6.45, 7) is 0.212. The predicted molar refractivity (Wildman–Crippen MR) is 82.0 cm³/mol. The van der Waals surface area contributed by atoms with Crippen LogP contribution in [0, 0.1) is 5.82 Å². The van der Waals surface area contributed by atoms with Crippen LogP contribution in [0.3, 0.4) is 0 Å².